The standard InChI is InChI=1S/C64H127NO5/c1-3-5-7-9-11-13-15-17-18-26-29-33-36-40-44-48-52-56-62(67)61(60-66)65-63(68)57-53-49-45-41-37-34-30-27-24-22-20-19-21-23-25-28-31-35-39-43-47-51-55-59-70-64(69)58-54-50-46-42-38-32-16-14-12-10-8-6-4-2/h61-62,66-67H,3-60H2,1-2H3,(H,65,68). The summed E-state index contributed by atoms with van der Waals surface area (Å²) in [7, 11) is 0. The van der Waals surface area contributed by atoms with Crippen LogP contribution in [0.25, 0.3) is 0 Å². The smallest absolute Gasteiger partial charge is 0.305 e. The number of rotatable bonds is 61. The molecule has 0 aliphatic carbocycles. The van der Waals surface area contributed by atoms with Crippen molar-refractivity contribution in [3.8, 4) is 0 Å². The van der Waals surface area contributed by atoms with E-state index in [-0.39, 0.29) is 18.5 Å². The summed E-state index contributed by atoms with van der Waals surface area (Å²) in [5.41, 5.74) is 0. The number of esters is 1. The Labute approximate surface area is 438 Å². The monoisotopic (exact) mass is 990 g/mol. The van der Waals surface area contributed by atoms with Gasteiger partial charge in [0.05, 0.1) is 25.4 Å². The number of amides is 1. The second-order valence-electron chi connectivity index (χ2n) is 22.5. The highest BCUT2D eigenvalue weighted by Crippen LogP contribution is 2.19. The van der Waals surface area contributed by atoms with Crippen LogP contribution >= 0.6 is 0 Å². The molecule has 3 N–H and O–H groups in total. The van der Waals surface area contributed by atoms with Crippen LogP contribution in [0.3, 0.4) is 0 Å². The second kappa shape index (κ2) is 60.4. The van der Waals surface area contributed by atoms with Gasteiger partial charge in [0.2, 0.25) is 5.91 Å². The van der Waals surface area contributed by atoms with Crippen LogP contribution in [0.5, 0.6) is 0 Å². The molecule has 0 aliphatic rings. The lowest BCUT2D eigenvalue weighted by Gasteiger charge is -2.22. The van der Waals surface area contributed by atoms with Gasteiger partial charge in [0.25, 0.3) is 0 Å². The first-order valence-corrected chi connectivity index (χ1v) is 32.3. The number of carbonyl (C=O) groups excluding carboxylic acids is 2. The van der Waals surface area contributed by atoms with Gasteiger partial charge in [0.15, 0.2) is 0 Å². The summed E-state index contributed by atoms with van der Waals surface area (Å²) in [6.45, 7) is 4.99. The van der Waals surface area contributed by atoms with Gasteiger partial charge < -0.3 is 20.3 Å². The first-order chi connectivity index (χ1) is 34.5. The predicted octanol–water partition coefficient (Wildman–Crippen LogP) is 20.3. The second-order valence-corrected chi connectivity index (χ2v) is 22.5. The molecule has 1 amide bonds. The maximum Gasteiger partial charge on any atom is 0.305 e. The molecule has 0 heterocycles. The molecule has 0 aliphatic heterocycles. The molecule has 0 saturated heterocycles. The highest BCUT2D eigenvalue weighted by atomic mass is 16.5. The van der Waals surface area contributed by atoms with Crippen LogP contribution in [0.15, 0.2) is 0 Å². The number of hydrogen-bond acceptors (Lipinski definition) is 5. The third kappa shape index (κ3) is 56.2. The fraction of sp³-hybridized carbons (Fsp3) is 0.969. The molecule has 70 heavy (non-hydrogen) atoms. The zero-order valence-electron chi connectivity index (χ0n) is 47.8. The molecule has 6 heteroatoms. The fourth-order valence-corrected chi connectivity index (χ4v) is 10.5. The molecule has 0 aromatic carbocycles. The lowest BCUT2D eigenvalue weighted by molar-refractivity contribution is -0.143. The van der Waals surface area contributed by atoms with Gasteiger partial charge in [-0.2, -0.15) is 0 Å². The van der Waals surface area contributed by atoms with Crippen LogP contribution in [0.4, 0.5) is 0 Å². The molecule has 0 fully saturated rings. The predicted molar refractivity (Wildman–Crippen MR) is 306 cm³/mol. The van der Waals surface area contributed by atoms with E-state index in [9.17, 15) is 19.8 Å². The topological polar surface area (TPSA) is 95.9 Å². The van der Waals surface area contributed by atoms with Crippen molar-refractivity contribution in [2.45, 2.75) is 386 Å². The van der Waals surface area contributed by atoms with Gasteiger partial charge in [-0.1, -0.05) is 335 Å². The lowest BCUT2D eigenvalue weighted by atomic mass is 10.0. The fourth-order valence-electron chi connectivity index (χ4n) is 10.5. The van der Waals surface area contributed by atoms with Crippen molar-refractivity contribution < 1.29 is 24.5 Å². The number of unbranched alkanes of at least 4 members (excludes halogenated alkanes) is 50. The van der Waals surface area contributed by atoms with Gasteiger partial charge in [0.1, 0.15) is 0 Å². The minimum Gasteiger partial charge on any atom is -0.466 e. The first-order valence-electron chi connectivity index (χ1n) is 32.3. The third-order valence-corrected chi connectivity index (χ3v) is 15.4. The molecule has 0 spiro atoms. The first kappa shape index (κ1) is 68.9. The number of hydrogen-bond donors (Lipinski definition) is 3. The van der Waals surface area contributed by atoms with Crippen LogP contribution in [0.1, 0.15) is 373 Å². The summed E-state index contributed by atoms with van der Waals surface area (Å²) in [5, 5.41) is 23.3. The minimum atomic E-state index is -0.663. The van der Waals surface area contributed by atoms with Crippen LogP contribution < -0.4 is 5.32 Å². The van der Waals surface area contributed by atoms with Gasteiger partial charge in [-0.05, 0) is 25.7 Å². The van der Waals surface area contributed by atoms with Gasteiger partial charge in [-0.15, -0.1) is 0 Å². The summed E-state index contributed by atoms with van der Waals surface area (Å²) in [5.74, 6) is -0.0134. The average molecular weight is 991 g/mol. The third-order valence-electron chi connectivity index (χ3n) is 15.4. The van der Waals surface area contributed by atoms with Crippen LogP contribution in [0, 0.1) is 0 Å². The molecule has 6 nitrogen and oxygen atoms in total. The van der Waals surface area contributed by atoms with E-state index in [1.807, 2.05) is 0 Å². The Hall–Kier alpha value is -1.14. The molecule has 0 aromatic heterocycles. The Kier molecular flexibility index (Phi) is 59.4. The Morgan fingerprint density at radius 2 is 0.586 bits per heavy atom. The van der Waals surface area contributed by atoms with E-state index < -0.39 is 12.1 Å². The number of ether oxygens (including phenoxy) is 1. The molecular formula is C64H127NO5. The molecule has 0 rings (SSSR count). The molecule has 0 aromatic rings. The highest BCUT2D eigenvalue weighted by Gasteiger charge is 2.20. The SMILES string of the molecule is CCCCCCCCCCCCCCCCCCCC(O)C(CO)NC(=O)CCCCCCCCCCCCCCCCCCCCCCCCCOC(=O)CCCCCCCCCCCCCCC. The molecule has 2 atom stereocenters. The van der Waals surface area contributed by atoms with Crippen LogP contribution in [-0.4, -0.2) is 47.4 Å². The van der Waals surface area contributed by atoms with Crippen molar-refractivity contribution >= 4 is 11.9 Å². The summed E-state index contributed by atoms with van der Waals surface area (Å²) < 4.78 is 5.48. The summed E-state index contributed by atoms with van der Waals surface area (Å²) in [6, 6.07) is -0.540. The molecular weight excluding hydrogens is 863 g/mol. The molecule has 0 radical (unpaired) electrons. The Bertz CT molecular complexity index is 1010. The zero-order chi connectivity index (χ0) is 50.7. The van der Waals surface area contributed by atoms with E-state index in [0.717, 1.165) is 38.5 Å². The van der Waals surface area contributed by atoms with Gasteiger partial charge >= 0.3 is 5.97 Å². The van der Waals surface area contributed by atoms with E-state index in [2.05, 4.69) is 19.2 Å². The summed E-state index contributed by atoms with van der Waals surface area (Å²) >= 11 is 0. The van der Waals surface area contributed by atoms with E-state index in [4.69, 9.17) is 4.74 Å². The van der Waals surface area contributed by atoms with Crippen molar-refractivity contribution in [1.82, 2.24) is 5.32 Å². The molecule has 418 valence electrons. The quantitative estimate of drug-likeness (QED) is 0.0417. The highest BCUT2D eigenvalue weighted by molar-refractivity contribution is 5.76. The Morgan fingerprint density at radius 1 is 0.343 bits per heavy atom. The Balaban J connectivity index is 3.36. The molecule has 0 bridgehead atoms. The van der Waals surface area contributed by atoms with Crippen molar-refractivity contribution in [1.29, 1.82) is 0 Å². The van der Waals surface area contributed by atoms with Crippen LogP contribution in [0.2, 0.25) is 0 Å². The van der Waals surface area contributed by atoms with Gasteiger partial charge in [-0.25, -0.2) is 0 Å². The van der Waals surface area contributed by atoms with Crippen molar-refractivity contribution in [3.63, 3.8) is 0 Å². The zero-order valence-corrected chi connectivity index (χ0v) is 47.8. The van der Waals surface area contributed by atoms with Crippen molar-refractivity contribution in [2.75, 3.05) is 13.2 Å². The van der Waals surface area contributed by atoms with E-state index in [1.54, 1.807) is 0 Å². The normalized spacial score (nSPS) is 12.5. The van der Waals surface area contributed by atoms with E-state index in [1.165, 1.54) is 302 Å². The van der Waals surface area contributed by atoms with Gasteiger partial charge in [0, 0.05) is 12.8 Å². The summed E-state index contributed by atoms with van der Waals surface area (Å²) in [6.07, 6.45) is 71.2. The Morgan fingerprint density at radius 3 is 0.871 bits per heavy atom. The number of aliphatic hydroxyl groups is 2. The maximum atomic E-state index is 12.5. The van der Waals surface area contributed by atoms with Crippen molar-refractivity contribution in [3.05, 3.63) is 0 Å². The van der Waals surface area contributed by atoms with Crippen molar-refractivity contribution in [2.24, 2.45) is 0 Å². The number of nitrogens with one attached hydrogen (secondary N) is 1. The number of carbonyl (C=O) groups is 2. The van der Waals surface area contributed by atoms with Gasteiger partial charge in [-0.3, -0.25) is 9.59 Å². The average Bonchev–Trinajstić information content (AvgIpc) is 3.36. The largest absolute Gasteiger partial charge is 0.466 e. The molecule has 0 saturated carbocycles. The summed E-state index contributed by atoms with van der Waals surface area (Å²) in [4.78, 5) is 24.5. The van der Waals surface area contributed by atoms with E-state index in [0.29, 0.717) is 25.9 Å². The lowest BCUT2D eigenvalue weighted by Crippen LogP contribution is -2.45. The van der Waals surface area contributed by atoms with E-state index >= 15 is 0 Å². The molecule has 2 unspecified atom stereocenters. The van der Waals surface area contributed by atoms with Crippen LogP contribution in [-0.2, 0) is 14.3 Å². The maximum absolute atomic E-state index is 12.5. The minimum absolute atomic E-state index is 0.0171. The number of aliphatic hydroxyl groups excluding tert-OH is 2.